The highest BCUT2D eigenvalue weighted by Crippen LogP contribution is 2.22. The fourth-order valence-electron chi connectivity index (χ4n) is 2.82. The van der Waals surface area contributed by atoms with Crippen LogP contribution in [0.5, 0.6) is 5.88 Å². The van der Waals surface area contributed by atoms with E-state index in [2.05, 4.69) is 10.3 Å². The third-order valence-corrected chi connectivity index (χ3v) is 5.97. The maximum Gasteiger partial charge on any atom is 0.287 e. The van der Waals surface area contributed by atoms with E-state index in [-0.39, 0.29) is 17.4 Å². The lowest BCUT2D eigenvalue weighted by molar-refractivity contribution is 0.0917. The maximum atomic E-state index is 12.6. The van der Waals surface area contributed by atoms with Crippen molar-refractivity contribution in [2.45, 2.75) is 30.9 Å². The SMILES string of the molecule is COc1ncccc1CNC(=O)c1ccc(S(=O)(=O)N2CCCCC2)o1. The number of pyridine rings is 1. The zero-order valence-electron chi connectivity index (χ0n) is 14.5. The Morgan fingerprint density at radius 3 is 2.77 bits per heavy atom. The Kier molecular flexibility index (Phi) is 5.58. The monoisotopic (exact) mass is 379 g/mol. The number of hydrogen-bond donors (Lipinski definition) is 1. The van der Waals surface area contributed by atoms with Gasteiger partial charge in [-0.3, -0.25) is 4.79 Å². The Labute approximate surface area is 152 Å². The van der Waals surface area contributed by atoms with E-state index in [1.807, 2.05) is 0 Å². The number of piperidine rings is 1. The molecule has 1 N–H and O–H groups in total. The Hall–Kier alpha value is -2.39. The van der Waals surface area contributed by atoms with Gasteiger partial charge in [0.25, 0.3) is 15.9 Å². The number of methoxy groups -OCH3 is 1. The molecular formula is C17H21N3O5S. The summed E-state index contributed by atoms with van der Waals surface area (Å²) in [6, 6.07) is 6.21. The molecule has 0 saturated carbocycles. The van der Waals surface area contributed by atoms with E-state index in [0.29, 0.717) is 24.5 Å². The van der Waals surface area contributed by atoms with Gasteiger partial charge in [0.05, 0.1) is 7.11 Å². The van der Waals surface area contributed by atoms with Gasteiger partial charge in [-0.25, -0.2) is 13.4 Å². The van der Waals surface area contributed by atoms with Crippen molar-refractivity contribution in [3.63, 3.8) is 0 Å². The summed E-state index contributed by atoms with van der Waals surface area (Å²) in [6.45, 7) is 1.14. The van der Waals surface area contributed by atoms with E-state index in [0.717, 1.165) is 19.3 Å². The summed E-state index contributed by atoms with van der Waals surface area (Å²) < 4.78 is 37.0. The van der Waals surface area contributed by atoms with Crippen molar-refractivity contribution in [2.75, 3.05) is 20.2 Å². The normalized spacial score (nSPS) is 15.6. The summed E-state index contributed by atoms with van der Waals surface area (Å²) in [4.78, 5) is 16.3. The van der Waals surface area contributed by atoms with Gasteiger partial charge < -0.3 is 14.5 Å². The number of furan rings is 1. The van der Waals surface area contributed by atoms with Crippen LogP contribution >= 0.6 is 0 Å². The summed E-state index contributed by atoms with van der Waals surface area (Å²) in [7, 11) is -2.20. The Morgan fingerprint density at radius 2 is 2.04 bits per heavy atom. The van der Waals surface area contributed by atoms with Gasteiger partial charge in [0.15, 0.2) is 5.76 Å². The molecule has 0 spiro atoms. The van der Waals surface area contributed by atoms with Gasteiger partial charge in [-0.2, -0.15) is 4.31 Å². The highest BCUT2D eigenvalue weighted by molar-refractivity contribution is 7.89. The Balaban J connectivity index is 1.68. The van der Waals surface area contributed by atoms with Gasteiger partial charge in [0.1, 0.15) is 0 Å². The molecule has 1 aliphatic rings. The molecule has 2 aromatic heterocycles. The second-order valence-electron chi connectivity index (χ2n) is 5.94. The molecule has 0 unspecified atom stereocenters. The zero-order chi connectivity index (χ0) is 18.6. The van der Waals surface area contributed by atoms with E-state index in [4.69, 9.17) is 9.15 Å². The van der Waals surface area contributed by atoms with Crippen LogP contribution in [0.3, 0.4) is 0 Å². The summed E-state index contributed by atoms with van der Waals surface area (Å²) in [6.07, 6.45) is 4.28. The lowest BCUT2D eigenvalue weighted by Crippen LogP contribution is -2.35. The zero-order valence-corrected chi connectivity index (χ0v) is 15.3. The number of aromatic nitrogens is 1. The first-order chi connectivity index (χ1) is 12.5. The maximum absolute atomic E-state index is 12.6. The largest absolute Gasteiger partial charge is 0.481 e. The molecule has 1 saturated heterocycles. The van der Waals surface area contributed by atoms with E-state index >= 15 is 0 Å². The number of hydrogen-bond acceptors (Lipinski definition) is 6. The van der Waals surface area contributed by atoms with Gasteiger partial charge in [-0.15, -0.1) is 0 Å². The van der Waals surface area contributed by atoms with Gasteiger partial charge >= 0.3 is 0 Å². The number of sulfonamides is 1. The lowest BCUT2D eigenvalue weighted by Gasteiger charge is -2.24. The molecule has 0 aliphatic carbocycles. The average molecular weight is 379 g/mol. The summed E-state index contributed by atoms with van der Waals surface area (Å²) in [5, 5.41) is 2.47. The quantitative estimate of drug-likeness (QED) is 0.821. The van der Waals surface area contributed by atoms with Crippen molar-refractivity contribution in [3.8, 4) is 5.88 Å². The fourth-order valence-corrected chi connectivity index (χ4v) is 4.25. The minimum absolute atomic E-state index is 0.0524. The van der Waals surface area contributed by atoms with Crippen LogP contribution in [-0.2, 0) is 16.6 Å². The molecule has 1 aliphatic heterocycles. The van der Waals surface area contributed by atoms with Crippen molar-refractivity contribution in [3.05, 3.63) is 41.8 Å². The average Bonchev–Trinajstić information content (AvgIpc) is 3.18. The minimum atomic E-state index is -3.70. The van der Waals surface area contributed by atoms with E-state index < -0.39 is 15.9 Å². The summed E-state index contributed by atoms with van der Waals surface area (Å²) in [5.74, 6) is -0.139. The predicted octanol–water partition coefficient (Wildman–Crippen LogP) is 1.79. The molecule has 3 rings (SSSR count). The van der Waals surface area contributed by atoms with Crippen LogP contribution < -0.4 is 10.1 Å². The molecule has 0 atom stereocenters. The van der Waals surface area contributed by atoms with E-state index in [9.17, 15) is 13.2 Å². The highest BCUT2D eigenvalue weighted by atomic mass is 32.2. The topological polar surface area (TPSA) is 102 Å². The standard InChI is InChI=1S/C17H21N3O5S/c1-24-17-13(6-5-9-18-17)12-19-16(21)14-7-8-15(25-14)26(22,23)20-10-3-2-4-11-20/h5-9H,2-4,10-12H2,1H3,(H,19,21). The van der Waals surface area contributed by atoms with Crippen LogP contribution in [0.15, 0.2) is 40.0 Å². The van der Waals surface area contributed by atoms with Crippen molar-refractivity contribution in [2.24, 2.45) is 0 Å². The van der Waals surface area contributed by atoms with Crippen molar-refractivity contribution >= 4 is 15.9 Å². The molecule has 26 heavy (non-hydrogen) atoms. The number of rotatable bonds is 6. The van der Waals surface area contributed by atoms with Crippen LogP contribution in [0.2, 0.25) is 0 Å². The van der Waals surface area contributed by atoms with Crippen LogP contribution in [0.25, 0.3) is 0 Å². The second kappa shape index (κ2) is 7.88. The Morgan fingerprint density at radius 1 is 1.27 bits per heavy atom. The first-order valence-electron chi connectivity index (χ1n) is 8.38. The number of nitrogens with one attached hydrogen (secondary N) is 1. The first kappa shape index (κ1) is 18.4. The predicted molar refractivity (Wildman–Crippen MR) is 93.3 cm³/mol. The van der Waals surface area contributed by atoms with Gasteiger partial charge in [0.2, 0.25) is 11.0 Å². The first-order valence-corrected chi connectivity index (χ1v) is 9.82. The van der Waals surface area contributed by atoms with E-state index in [1.165, 1.54) is 23.5 Å². The number of carbonyl (C=O) groups is 1. The second-order valence-corrected chi connectivity index (χ2v) is 7.81. The van der Waals surface area contributed by atoms with Crippen LogP contribution in [0.1, 0.15) is 35.4 Å². The third kappa shape index (κ3) is 3.88. The number of amides is 1. The van der Waals surface area contributed by atoms with Crippen LogP contribution in [0, 0.1) is 0 Å². The summed E-state index contributed by atoms with van der Waals surface area (Å²) in [5.41, 5.74) is 0.705. The van der Waals surface area contributed by atoms with Crippen LogP contribution in [-0.4, -0.2) is 43.8 Å². The van der Waals surface area contributed by atoms with Crippen molar-refractivity contribution in [1.29, 1.82) is 0 Å². The summed E-state index contributed by atoms with van der Waals surface area (Å²) >= 11 is 0. The van der Waals surface area contributed by atoms with Crippen molar-refractivity contribution < 1.29 is 22.4 Å². The lowest BCUT2D eigenvalue weighted by atomic mass is 10.2. The number of ether oxygens (including phenoxy) is 1. The molecular weight excluding hydrogens is 358 g/mol. The third-order valence-electron chi connectivity index (χ3n) is 4.20. The number of carbonyl (C=O) groups excluding carboxylic acids is 1. The van der Waals surface area contributed by atoms with E-state index in [1.54, 1.807) is 18.3 Å². The Bertz CT molecular complexity index is 872. The molecule has 2 aromatic rings. The highest BCUT2D eigenvalue weighted by Gasteiger charge is 2.29. The molecule has 1 fully saturated rings. The van der Waals surface area contributed by atoms with Crippen molar-refractivity contribution in [1.82, 2.24) is 14.6 Å². The number of nitrogens with zero attached hydrogens (tertiary/aromatic N) is 2. The molecule has 0 radical (unpaired) electrons. The molecule has 3 heterocycles. The van der Waals surface area contributed by atoms with Gasteiger partial charge in [0, 0.05) is 31.4 Å². The molecule has 9 heteroatoms. The van der Waals surface area contributed by atoms with Gasteiger partial charge in [-0.05, 0) is 31.0 Å². The molecule has 1 amide bonds. The smallest absolute Gasteiger partial charge is 0.287 e. The molecule has 0 aromatic carbocycles. The molecule has 0 bridgehead atoms. The molecule has 8 nitrogen and oxygen atoms in total. The molecule has 140 valence electrons. The fraction of sp³-hybridized carbons (Fsp3) is 0.412. The minimum Gasteiger partial charge on any atom is -0.481 e. The van der Waals surface area contributed by atoms with Crippen LogP contribution in [0.4, 0.5) is 0 Å². The van der Waals surface area contributed by atoms with Gasteiger partial charge in [-0.1, -0.05) is 12.5 Å².